The minimum absolute atomic E-state index is 0.176. The molecular formula is C16H22ClNO3. The molecule has 1 rings (SSSR count). The summed E-state index contributed by atoms with van der Waals surface area (Å²) in [5, 5.41) is 12.3. The Morgan fingerprint density at radius 1 is 1.29 bits per heavy atom. The van der Waals surface area contributed by atoms with E-state index in [-0.39, 0.29) is 11.8 Å². The summed E-state index contributed by atoms with van der Waals surface area (Å²) in [6.45, 7) is 7.30. The summed E-state index contributed by atoms with van der Waals surface area (Å²) in [5.74, 6) is -1.19. The molecule has 0 aliphatic heterocycles. The highest BCUT2D eigenvalue weighted by Crippen LogP contribution is 2.30. The maximum Gasteiger partial charge on any atom is 0.326 e. The molecule has 0 saturated carbocycles. The molecule has 2 N–H and O–H groups in total. The molecule has 0 unspecified atom stereocenters. The van der Waals surface area contributed by atoms with Crippen LogP contribution >= 0.6 is 11.6 Å². The van der Waals surface area contributed by atoms with Crippen molar-refractivity contribution in [2.24, 2.45) is 5.92 Å². The Labute approximate surface area is 130 Å². The third-order valence-electron chi connectivity index (χ3n) is 3.43. The van der Waals surface area contributed by atoms with Crippen molar-refractivity contribution in [1.29, 1.82) is 0 Å². The van der Waals surface area contributed by atoms with Crippen LogP contribution in [0, 0.1) is 5.92 Å². The number of hydrogen-bond donors (Lipinski definition) is 2. The predicted octanol–water partition coefficient (Wildman–Crippen LogP) is 3.23. The molecule has 0 bridgehead atoms. The van der Waals surface area contributed by atoms with Gasteiger partial charge in [-0.25, -0.2) is 4.79 Å². The van der Waals surface area contributed by atoms with Crippen LogP contribution in [0.1, 0.15) is 39.7 Å². The smallest absolute Gasteiger partial charge is 0.326 e. The molecule has 5 heteroatoms. The van der Waals surface area contributed by atoms with Gasteiger partial charge >= 0.3 is 5.97 Å². The Balaban J connectivity index is 2.95. The van der Waals surface area contributed by atoms with Crippen molar-refractivity contribution in [1.82, 2.24) is 5.32 Å². The number of amides is 1. The third kappa shape index (κ3) is 4.46. The van der Waals surface area contributed by atoms with Gasteiger partial charge in [-0.15, -0.1) is 0 Å². The van der Waals surface area contributed by atoms with Crippen molar-refractivity contribution in [3.63, 3.8) is 0 Å². The second-order valence-corrected chi connectivity index (χ2v) is 6.51. The van der Waals surface area contributed by atoms with Gasteiger partial charge in [-0.1, -0.05) is 43.6 Å². The van der Waals surface area contributed by atoms with Crippen LogP contribution in [-0.4, -0.2) is 23.0 Å². The molecule has 1 aromatic rings. The van der Waals surface area contributed by atoms with E-state index in [1.807, 2.05) is 13.8 Å². The number of rotatable bonds is 6. The number of carbonyl (C=O) groups is 2. The van der Waals surface area contributed by atoms with Gasteiger partial charge in [0.15, 0.2) is 0 Å². The van der Waals surface area contributed by atoms with E-state index in [1.54, 1.807) is 38.1 Å². The third-order valence-corrected chi connectivity index (χ3v) is 3.75. The summed E-state index contributed by atoms with van der Waals surface area (Å²) in [5.41, 5.74) is -0.221. The molecule has 21 heavy (non-hydrogen) atoms. The standard InChI is InChI=1S/C16H22ClNO3/c1-10(2)9-13(14(19)20)18-15(21)16(3,4)11-7-5-6-8-12(11)17/h5-8,10,13H,9H2,1-4H3,(H,18,21)(H,19,20)/t13-/m1/s1. The zero-order valence-corrected chi connectivity index (χ0v) is 13.6. The quantitative estimate of drug-likeness (QED) is 0.847. The Morgan fingerprint density at radius 3 is 2.33 bits per heavy atom. The lowest BCUT2D eigenvalue weighted by Crippen LogP contribution is -2.48. The van der Waals surface area contributed by atoms with Crippen LogP contribution in [0.5, 0.6) is 0 Å². The molecule has 0 aliphatic carbocycles. The first-order chi connectivity index (χ1) is 9.66. The Hall–Kier alpha value is -1.55. The molecule has 0 spiro atoms. The highest BCUT2D eigenvalue weighted by molar-refractivity contribution is 6.31. The van der Waals surface area contributed by atoms with Crippen molar-refractivity contribution in [3.05, 3.63) is 34.9 Å². The summed E-state index contributed by atoms with van der Waals surface area (Å²) in [6.07, 6.45) is 0.389. The van der Waals surface area contributed by atoms with Crippen molar-refractivity contribution in [3.8, 4) is 0 Å². The normalized spacial score (nSPS) is 13.0. The molecule has 0 fully saturated rings. The van der Waals surface area contributed by atoms with Crippen LogP contribution < -0.4 is 5.32 Å². The van der Waals surface area contributed by atoms with Crippen molar-refractivity contribution < 1.29 is 14.7 Å². The molecule has 1 amide bonds. The van der Waals surface area contributed by atoms with Gasteiger partial charge in [-0.2, -0.15) is 0 Å². The summed E-state index contributed by atoms with van der Waals surface area (Å²) in [7, 11) is 0. The topological polar surface area (TPSA) is 66.4 Å². The first kappa shape index (κ1) is 17.5. The van der Waals surface area contributed by atoms with E-state index >= 15 is 0 Å². The fourth-order valence-corrected chi connectivity index (χ4v) is 2.49. The minimum atomic E-state index is -1.02. The SMILES string of the molecule is CC(C)C[C@@H](NC(=O)C(C)(C)c1ccccc1Cl)C(=O)O. The van der Waals surface area contributed by atoms with Gasteiger partial charge in [-0.05, 0) is 37.8 Å². The molecule has 1 atom stereocenters. The summed E-state index contributed by atoms with van der Waals surface area (Å²) >= 11 is 6.14. The maximum atomic E-state index is 12.5. The van der Waals surface area contributed by atoms with E-state index in [2.05, 4.69) is 5.32 Å². The first-order valence-corrected chi connectivity index (χ1v) is 7.32. The zero-order valence-electron chi connectivity index (χ0n) is 12.8. The van der Waals surface area contributed by atoms with Crippen molar-refractivity contribution in [2.45, 2.75) is 45.6 Å². The second-order valence-electron chi connectivity index (χ2n) is 6.10. The number of halogens is 1. The number of nitrogens with one attached hydrogen (secondary N) is 1. The van der Waals surface area contributed by atoms with Gasteiger partial charge in [0.05, 0.1) is 5.41 Å². The molecule has 1 aromatic carbocycles. The average Bonchev–Trinajstić information content (AvgIpc) is 2.37. The van der Waals surface area contributed by atoms with Gasteiger partial charge in [0.1, 0.15) is 6.04 Å². The Morgan fingerprint density at radius 2 is 1.86 bits per heavy atom. The lowest BCUT2D eigenvalue weighted by molar-refractivity contribution is -0.143. The largest absolute Gasteiger partial charge is 0.480 e. The Kier molecular flexibility index (Phi) is 5.78. The summed E-state index contributed by atoms with van der Waals surface area (Å²) in [6, 6.07) is 6.20. The monoisotopic (exact) mass is 311 g/mol. The number of benzene rings is 1. The van der Waals surface area contributed by atoms with E-state index in [0.717, 1.165) is 0 Å². The molecule has 0 aliphatic rings. The number of carbonyl (C=O) groups excluding carboxylic acids is 1. The van der Waals surface area contributed by atoms with Gasteiger partial charge in [-0.3, -0.25) is 4.79 Å². The highest BCUT2D eigenvalue weighted by atomic mass is 35.5. The predicted molar refractivity (Wildman–Crippen MR) is 83.5 cm³/mol. The van der Waals surface area contributed by atoms with Gasteiger partial charge in [0.2, 0.25) is 5.91 Å². The van der Waals surface area contributed by atoms with Crippen molar-refractivity contribution in [2.75, 3.05) is 0 Å². The average molecular weight is 312 g/mol. The fourth-order valence-electron chi connectivity index (χ4n) is 2.12. The van der Waals surface area contributed by atoms with E-state index in [1.165, 1.54) is 0 Å². The molecule has 0 aromatic heterocycles. The fraction of sp³-hybridized carbons (Fsp3) is 0.500. The van der Waals surface area contributed by atoms with Crippen molar-refractivity contribution >= 4 is 23.5 Å². The maximum absolute atomic E-state index is 12.5. The molecule has 4 nitrogen and oxygen atoms in total. The van der Waals surface area contributed by atoms with Crippen LogP contribution in [0.15, 0.2) is 24.3 Å². The van der Waals surface area contributed by atoms with Crippen LogP contribution in [0.25, 0.3) is 0 Å². The highest BCUT2D eigenvalue weighted by Gasteiger charge is 2.34. The minimum Gasteiger partial charge on any atom is -0.480 e. The van der Waals surface area contributed by atoms with Gasteiger partial charge in [0, 0.05) is 5.02 Å². The summed E-state index contributed by atoms with van der Waals surface area (Å²) in [4.78, 5) is 23.7. The van der Waals surface area contributed by atoms with E-state index in [4.69, 9.17) is 11.6 Å². The molecule has 0 radical (unpaired) electrons. The number of hydrogen-bond acceptors (Lipinski definition) is 2. The lowest BCUT2D eigenvalue weighted by atomic mass is 9.83. The van der Waals surface area contributed by atoms with Crippen LogP contribution in [0.3, 0.4) is 0 Å². The number of carboxylic acids is 1. The lowest BCUT2D eigenvalue weighted by Gasteiger charge is -2.27. The Bertz CT molecular complexity index is 526. The van der Waals surface area contributed by atoms with E-state index < -0.39 is 17.4 Å². The molecule has 0 saturated heterocycles. The molecule has 0 heterocycles. The number of aliphatic carboxylic acids is 1. The zero-order chi connectivity index (χ0) is 16.2. The number of carboxylic acid groups (broad SMARTS) is 1. The van der Waals surface area contributed by atoms with E-state index in [9.17, 15) is 14.7 Å². The molecule has 116 valence electrons. The van der Waals surface area contributed by atoms with Crippen LogP contribution in [-0.2, 0) is 15.0 Å². The molecular weight excluding hydrogens is 290 g/mol. The van der Waals surface area contributed by atoms with Gasteiger partial charge < -0.3 is 10.4 Å². The van der Waals surface area contributed by atoms with Crippen LogP contribution in [0.2, 0.25) is 5.02 Å². The van der Waals surface area contributed by atoms with E-state index in [0.29, 0.717) is 17.0 Å². The second kappa shape index (κ2) is 6.94. The first-order valence-electron chi connectivity index (χ1n) is 6.95. The summed E-state index contributed by atoms with van der Waals surface area (Å²) < 4.78 is 0. The van der Waals surface area contributed by atoms with Crippen LogP contribution in [0.4, 0.5) is 0 Å². The van der Waals surface area contributed by atoms with Gasteiger partial charge in [0.25, 0.3) is 0 Å².